The van der Waals surface area contributed by atoms with Crippen LogP contribution in [-0.4, -0.2) is 17.0 Å². The third kappa shape index (κ3) is 2.35. The molecule has 0 aromatic carbocycles. The van der Waals surface area contributed by atoms with Gasteiger partial charge in [-0.15, -0.1) is 0 Å². The first kappa shape index (κ1) is 8.73. The quantitative estimate of drug-likeness (QED) is 0.657. The van der Waals surface area contributed by atoms with E-state index in [2.05, 4.69) is 5.32 Å². The van der Waals surface area contributed by atoms with Gasteiger partial charge in [0.1, 0.15) is 0 Å². The molecular weight excluding hydrogens is 178 g/mol. The zero-order chi connectivity index (χ0) is 8.97. The molecule has 1 aromatic heterocycles. The molecule has 5 heteroatoms. The lowest BCUT2D eigenvalue weighted by Crippen LogP contribution is -2.29. The average molecular weight is 185 g/mol. The Morgan fingerprint density at radius 1 is 1.58 bits per heavy atom. The van der Waals surface area contributed by atoms with Gasteiger partial charge < -0.3 is 10.4 Å². The average Bonchev–Trinajstić information content (AvgIpc) is 2.51. The SMILES string of the molecule is O=C(O)C(=O)NCc1ccsc1. The fourth-order valence-electron chi connectivity index (χ4n) is 0.651. The fourth-order valence-corrected chi connectivity index (χ4v) is 1.32. The van der Waals surface area contributed by atoms with E-state index in [0.717, 1.165) is 5.56 Å². The monoisotopic (exact) mass is 185 g/mol. The zero-order valence-electron chi connectivity index (χ0n) is 6.11. The predicted octanol–water partition coefficient (Wildman–Crippen LogP) is 0.449. The third-order valence-corrected chi connectivity index (χ3v) is 1.96. The molecule has 0 aliphatic heterocycles. The summed E-state index contributed by atoms with van der Waals surface area (Å²) in [5, 5.41) is 14.2. The van der Waals surface area contributed by atoms with Crippen molar-refractivity contribution in [1.29, 1.82) is 0 Å². The van der Waals surface area contributed by atoms with Gasteiger partial charge in [0.2, 0.25) is 0 Å². The van der Waals surface area contributed by atoms with Gasteiger partial charge in [-0.2, -0.15) is 11.3 Å². The Kier molecular flexibility index (Phi) is 2.82. The summed E-state index contributed by atoms with van der Waals surface area (Å²) in [5.74, 6) is -2.42. The van der Waals surface area contributed by atoms with E-state index in [4.69, 9.17) is 5.11 Å². The minimum absolute atomic E-state index is 0.272. The number of nitrogens with one attached hydrogen (secondary N) is 1. The van der Waals surface area contributed by atoms with Crippen LogP contribution in [0.4, 0.5) is 0 Å². The van der Waals surface area contributed by atoms with Crippen molar-refractivity contribution in [3.05, 3.63) is 22.4 Å². The molecule has 1 rings (SSSR count). The zero-order valence-corrected chi connectivity index (χ0v) is 6.93. The Hall–Kier alpha value is -1.36. The van der Waals surface area contributed by atoms with Crippen molar-refractivity contribution in [1.82, 2.24) is 5.32 Å². The summed E-state index contributed by atoms with van der Waals surface area (Å²) >= 11 is 1.50. The molecule has 0 aliphatic carbocycles. The number of hydrogen-bond donors (Lipinski definition) is 2. The summed E-state index contributed by atoms with van der Waals surface area (Å²) < 4.78 is 0. The van der Waals surface area contributed by atoms with Crippen LogP contribution in [0.25, 0.3) is 0 Å². The van der Waals surface area contributed by atoms with Crippen LogP contribution in [-0.2, 0) is 16.1 Å². The van der Waals surface area contributed by atoms with Crippen molar-refractivity contribution in [3.8, 4) is 0 Å². The van der Waals surface area contributed by atoms with Gasteiger partial charge in [0.05, 0.1) is 0 Å². The van der Waals surface area contributed by atoms with Crippen molar-refractivity contribution >= 4 is 23.2 Å². The minimum atomic E-state index is -1.45. The van der Waals surface area contributed by atoms with Gasteiger partial charge >= 0.3 is 11.9 Å². The van der Waals surface area contributed by atoms with Crippen LogP contribution >= 0.6 is 11.3 Å². The standard InChI is InChI=1S/C7H7NO3S/c9-6(7(10)11)8-3-5-1-2-12-4-5/h1-2,4H,3H2,(H,8,9)(H,10,11). The molecule has 0 saturated carbocycles. The lowest BCUT2D eigenvalue weighted by molar-refractivity contribution is -0.150. The maximum atomic E-state index is 10.5. The number of carbonyl (C=O) groups excluding carboxylic acids is 1. The van der Waals surface area contributed by atoms with Crippen molar-refractivity contribution in [2.45, 2.75) is 6.54 Å². The number of rotatable bonds is 2. The van der Waals surface area contributed by atoms with Crippen LogP contribution in [0.2, 0.25) is 0 Å². The van der Waals surface area contributed by atoms with Gasteiger partial charge in [-0.3, -0.25) is 4.79 Å². The molecule has 0 radical (unpaired) electrons. The van der Waals surface area contributed by atoms with Crippen LogP contribution in [0.3, 0.4) is 0 Å². The maximum absolute atomic E-state index is 10.5. The summed E-state index contributed by atoms with van der Waals surface area (Å²) in [6.45, 7) is 0.272. The molecule has 1 aromatic rings. The Morgan fingerprint density at radius 2 is 2.33 bits per heavy atom. The molecule has 12 heavy (non-hydrogen) atoms. The number of thiophene rings is 1. The molecule has 0 atom stereocenters. The van der Waals surface area contributed by atoms with E-state index in [9.17, 15) is 9.59 Å². The smallest absolute Gasteiger partial charge is 0.394 e. The molecule has 0 bridgehead atoms. The maximum Gasteiger partial charge on any atom is 0.394 e. The number of carboxylic acid groups (broad SMARTS) is 1. The number of carboxylic acids is 1. The molecule has 0 aliphatic rings. The van der Waals surface area contributed by atoms with Crippen molar-refractivity contribution in [2.75, 3.05) is 0 Å². The van der Waals surface area contributed by atoms with Crippen LogP contribution in [0, 0.1) is 0 Å². The Bertz CT molecular complexity index is 281. The summed E-state index contributed by atoms with van der Waals surface area (Å²) in [7, 11) is 0. The van der Waals surface area contributed by atoms with E-state index in [1.165, 1.54) is 11.3 Å². The highest BCUT2D eigenvalue weighted by atomic mass is 32.1. The fraction of sp³-hybridized carbons (Fsp3) is 0.143. The second-order valence-corrected chi connectivity index (χ2v) is 2.90. The van der Waals surface area contributed by atoms with E-state index in [1.54, 1.807) is 0 Å². The van der Waals surface area contributed by atoms with Crippen molar-refractivity contribution < 1.29 is 14.7 Å². The van der Waals surface area contributed by atoms with E-state index >= 15 is 0 Å². The number of aliphatic carboxylic acids is 1. The molecule has 4 nitrogen and oxygen atoms in total. The molecular formula is C7H7NO3S. The Balaban J connectivity index is 2.37. The molecule has 64 valence electrons. The van der Waals surface area contributed by atoms with Gasteiger partial charge in [0, 0.05) is 6.54 Å². The first-order chi connectivity index (χ1) is 5.70. The first-order valence-electron chi connectivity index (χ1n) is 3.22. The molecule has 1 heterocycles. The minimum Gasteiger partial charge on any atom is -0.474 e. The van der Waals surface area contributed by atoms with Gasteiger partial charge in [-0.05, 0) is 22.4 Å². The summed E-state index contributed by atoms with van der Waals surface area (Å²) in [4.78, 5) is 20.6. The molecule has 0 fully saturated rings. The van der Waals surface area contributed by atoms with Gasteiger partial charge in [-0.25, -0.2) is 4.79 Å². The van der Waals surface area contributed by atoms with Crippen LogP contribution in [0.5, 0.6) is 0 Å². The van der Waals surface area contributed by atoms with Crippen LogP contribution < -0.4 is 5.32 Å². The van der Waals surface area contributed by atoms with E-state index < -0.39 is 11.9 Å². The highest BCUT2D eigenvalue weighted by Gasteiger charge is 2.09. The predicted molar refractivity (Wildman–Crippen MR) is 43.8 cm³/mol. The number of carbonyl (C=O) groups is 2. The largest absolute Gasteiger partial charge is 0.474 e. The molecule has 1 amide bonds. The van der Waals surface area contributed by atoms with Crippen molar-refractivity contribution in [3.63, 3.8) is 0 Å². The Labute approximate surface area is 72.8 Å². The van der Waals surface area contributed by atoms with Gasteiger partial charge in [0.25, 0.3) is 0 Å². The lowest BCUT2D eigenvalue weighted by atomic mass is 10.3. The third-order valence-electron chi connectivity index (χ3n) is 1.23. The van der Waals surface area contributed by atoms with E-state index in [-0.39, 0.29) is 6.54 Å². The Morgan fingerprint density at radius 3 is 2.83 bits per heavy atom. The molecule has 0 spiro atoms. The highest BCUT2D eigenvalue weighted by Crippen LogP contribution is 2.04. The van der Waals surface area contributed by atoms with E-state index in [0.29, 0.717) is 0 Å². The summed E-state index contributed by atoms with van der Waals surface area (Å²) in [5.41, 5.74) is 0.912. The van der Waals surface area contributed by atoms with Crippen LogP contribution in [0.1, 0.15) is 5.56 Å². The van der Waals surface area contributed by atoms with Gasteiger partial charge in [-0.1, -0.05) is 0 Å². The molecule has 2 N–H and O–H groups in total. The summed E-state index contributed by atoms with van der Waals surface area (Å²) in [6, 6.07) is 1.83. The second kappa shape index (κ2) is 3.87. The second-order valence-electron chi connectivity index (χ2n) is 2.12. The topological polar surface area (TPSA) is 66.4 Å². The number of hydrogen-bond acceptors (Lipinski definition) is 3. The van der Waals surface area contributed by atoms with Crippen LogP contribution in [0.15, 0.2) is 16.8 Å². The lowest BCUT2D eigenvalue weighted by Gasteiger charge is -1.97. The van der Waals surface area contributed by atoms with Crippen molar-refractivity contribution in [2.24, 2.45) is 0 Å². The molecule has 0 saturated heterocycles. The first-order valence-corrected chi connectivity index (χ1v) is 4.16. The highest BCUT2D eigenvalue weighted by molar-refractivity contribution is 7.07. The number of amides is 1. The normalized spacial score (nSPS) is 9.33. The molecule has 0 unspecified atom stereocenters. The van der Waals surface area contributed by atoms with E-state index in [1.807, 2.05) is 16.8 Å². The van der Waals surface area contributed by atoms with Gasteiger partial charge in [0.15, 0.2) is 0 Å². The summed E-state index contributed by atoms with van der Waals surface area (Å²) in [6.07, 6.45) is 0.